The molecule has 1 aromatic heterocycles. The number of benzene rings is 2. The van der Waals surface area contributed by atoms with Gasteiger partial charge in [-0.3, -0.25) is 0 Å². The zero-order valence-corrected chi connectivity index (χ0v) is 13.1. The van der Waals surface area contributed by atoms with Crippen molar-refractivity contribution in [3.63, 3.8) is 0 Å². The van der Waals surface area contributed by atoms with Crippen molar-refractivity contribution in [2.75, 3.05) is 0 Å². The molecule has 3 aromatic rings. The monoisotopic (exact) mass is 327 g/mol. The molecule has 0 aliphatic rings. The molecule has 1 atom stereocenters. The molecule has 116 valence electrons. The van der Waals surface area contributed by atoms with Crippen molar-refractivity contribution in [3.8, 4) is 0 Å². The first-order valence-corrected chi connectivity index (χ1v) is 7.37. The zero-order valence-electron chi connectivity index (χ0n) is 12.3. The van der Waals surface area contributed by atoms with Gasteiger partial charge in [0.2, 0.25) is 5.28 Å². The third-order valence-corrected chi connectivity index (χ3v) is 3.84. The van der Waals surface area contributed by atoms with Crippen molar-refractivity contribution in [1.29, 1.82) is 0 Å². The Balaban J connectivity index is 2.22. The van der Waals surface area contributed by atoms with Crippen LogP contribution in [0.1, 0.15) is 33.2 Å². The van der Waals surface area contributed by atoms with Gasteiger partial charge >= 0.3 is 5.97 Å². The van der Waals surface area contributed by atoms with Gasteiger partial charge in [-0.05, 0) is 36.2 Å². The van der Waals surface area contributed by atoms with E-state index in [1.54, 1.807) is 12.1 Å². The summed E-state index contributed by atoms with van der Waals surface area (Å²) in [5, 5.41) is 10.3. The van der Waals surface area contributed by atoms with Crippen molar-refractivity contribution < 1.29 is 9.90 Å². The van der Waals surface area contributed by atoms with Gasteiger partial charge in [-0.1, -0.05) is 35.9 Å². The first-order valence-electron chi connectivity index (χ1n) is 6.99. The van der Waals surface area contributed by atoms with E-state index in [0.29, 0.717) is 16.8 Å². The van der Waals surface area contributed by atoms with Crippen molar-refractivity contribution in [1.82, 2.24) is 9.97 Å². The highest BCUT2D eigenvalue weighted by Gasteiger charge is 2.21. The molecule has 1 heterocycles. The highest BCUT2D eigenvalue weighted by Crippen LogP contribution is 2.28. The number of nitrogens with zero attached hydrogens (tertiary/aromatic N) is 2. The smallest absolute Gasteiger partial charge is 0.336 e. The van der Waals surface area contributed by atoms with Gasteiger partial charge in [0.1, 0.15) is 0 Å². The predicted molar refractivity (Wildman–Crippen MR) is 88.7 cm³/mol. The molecular weight excluding hydrogens is 314 g/mol. The highest BCUT2D eigenvalue weighted by molar-refractivity contribution is 6.28. The Bertz CT molecular complexity index is 911. The van der Waals surface area contributed by atoms with Crippen LogP contribution in [0.15, 0.2) is 42.5 Å². The Labute approximate surface area is 137 Å². The number of hydrogen-bond acceptors (Lipinski definition) is 4. The van der Waals surface area contributed by atoms with Crippen molar-refractivity contribution in [2.24, 2.45) is 5.73 Å². The summed E-state index contributed by atoms with van der Waals surface area (Å²) >= 11 is 5.99. The number of carboxylic acid groups (broad SMARTS) is 1. The van der Waals surface area contributed by atoms with E-state index in [1.807, 2.05) is 37.3 Å². The second kappa shape index (κ2) is 5.95. The molecule has 0 aliphatic carbocycles. The molecule has 23 heavy (non-hydrogen) atoms. The third kappa shape index (κ3) is 2.88. The van der Waals surface area contributed by atoms with Gasteiger partial charge in [-0.25, -0.2) is 14.8 Å². The van der Waals surface area contributed by atoms with E-state index in [4.69, 9.17) is 17.3 Å². The summed E-state index contributed by atoms with van der Waals surface area (Å²) in [4.78, 5) is 19.9. The fourth-order valence-corrected chi connectivity index (χ4v) is 2.76. The average molecular weight is 328 g/mol. The molecule has 0 fully saturated rings. The number of nitrogens with two attached hydrogens (primary N) is 1. The summed E-state index contributed by atoms with van der Waals surface area (Å²) in [5.41, 5.74) is 9.01. The summed E-state index contributed by atoms with van der Waals surface area (Å²) in [6.45, 7) is 1.83. The van der Waals surface area contributed by atoms with Crippen LogP contribution >= 0.6 is 11.6 Å². The van der Waals surface area contributed by atoms with Gasteiger partial charge in [-0.15, -0.1) is 0 Å². The van der Waals surface area contributed by atoms with E-state index in [0.717, 1.165) is 10.9 Å². The molecule has 6 heteroatoms. The van der Waals surface area contributed by atoms with Gasteiger partial charge in [0, 0.05) is 5.39 Å². The molecule has 3 N–H and O–H groups in total. The number of rotatable bonds is 3. The minimum Gasteiger partial charge on any atom is -0.478 e. The molecule has 0 saturated carbocycles. The van der Waals surface area contributed by atoms with Gasteiger partial charge < -0.3 is 10.8 Å². The number of aromatic carboxylic acids is 1. The van der Waals surface area contributed by atoms with Crippen LogP contribution in [-0.4, -0.2) is 21.0 Å². The molecule has 0 amide bonds. The number of fused-ring (bicyclic) bond motifs is 1. The summed E-state index contributed by atoms with van der Waals surface area (Å²) in [7, 11) is 0. The van der Waals surface area contributed by atoms with Crippen molar-refractivity contribution >= 4 is 28.5 Å². The maximum Gasteiger partial charge on any atom is 0.336 e. The fourth-order valence-electron chi connectivity index (χ4n) is 2.58. The fraction of sp³-hybridized carbons (Fsp3) is 0.118. The number of carbonyl (C=O) groups is 1. The molecular formula is C17H14ClN3O2. The normalized spacial score (nSPS) is 12.3. The number of aromatic nitrogens is 2. The number of carboxylic acids is 1. The van der Waals surface area contributed by atoms with Crippen LogP contribution in [0.3, 0.4) is 0 Å². The van der Waals surface area contributed by atoms with Crippen molar-refractivity contribution in [2.45, 2.75) is 13.0 Å². The maximum atomic E-state index is 11.5. The molecule has 3 rings (SSSR count). The SMILES string of the molecule is Cc1ccc(C(N)c2nc(Cl)nc3ccccc23)c(C(=O)O)c1. The van der Waals surface area contributed by atoms with E-state index >= 15 is 0 Å². The Morgan fingerprint density at radius 2 is 1.96 bits per heavy atom. The maximum absolute atomic E-state index is 11.5. The quantitative estimate of drug-likeness (QED) is 0.720. The second-order valence-electron chi connectivity index (χ2n) is 5.27. The molecule has 0 aliphatic heterocycles. The zero-order chi connectivity index (χ0) is 16.6. The standard InChI is InChI=1S/C17H14ClN3O2/c1-9-6-7-10(12(8-9)16(22)23)14(19)15-11-4-2-3-5-13(11)20-17(18)21-15/h2-8,14H,19H2,1H3,(H,22,23). The lowest BCUT2D eigenvalue weighted by Crippen LogP contribution is -2.18. The Morgan fingerprint density at radius 1 is 1.22 bits per heavy atom. The van der Waals surface area contributed by atoms with Crippen LogP contribution in [0, 0.1) is 6.92 Å². The summed E-state index contributed by atoms with van der Waals surface area (Å²) in [6, 6.07) is 11.8. The molecule has 2 aromatic carbocycles. The minimum atomic E-state index is -1.02. The van der Waals surface area contributed by atoms with Crippen molar-refractivity contribution in [3.05, 3.63) is 70.1 Å². The lowest BCUT2D eigenvalue weighted by atomic mass is 9.95. The number of aryl methyl sites for hydroxylation is 1. The van der Waals surface area contributed by atoms with E-state index in [-0.39, 0.29) is 10.8 Å². The van der Waals surface area contributed by atoms with Gasteiger partial charge in [0.15, 0.2) is 0 Å². The highest BCUT2D eigenvalue weighted by atomic mass is 35.5. The minimum absolute atomic E-state index is 0.0816. The van der Waals surface area contributed by atoms with Crippen LogP contribution in [0.5, 0.6) is 0 Å². The Hall–Kier alpha value is -2.50. The van der Waals surface area contributed by atoms with Crippen LogP contribution in [0.25, 0.3) is 10.9 Å². The first-order chi connectivity index (χ1) is 11.0. The van der Waals surface area contributed by atoms with Crippen LogP contribution in [0.2, 0.25) is 5.28 Å². The van der Waals surface area contributed by atoms with Crippen LogP contribution in [0.4, 0.5) is 0 Å². The molecule has 1 unspecified atom stereocenters. The first kappa shape index (κ1) is 15.4. The van der Waals surface area contributed by atoms with E-state index in [1.165, 1.54) is 0 Å². The topological polar surface area (TPSA) is 89.1 Å². The van der Waals surface area contributed by atoms with Gasteiger partial charge in [0.25, 0.3) is 0 Å². The predicted octanol–water partition coefficient (Wildman–Crippen LogP) is 3.34. The largest absolute Gasteiger partial charge is 0.478 e. The Kier molecular flexibility index (Phi) is 3.98. The molecule has 5 nitrogen and oxygen atoms in total. The van der Waals surface area contributed by atoms with Gasteiger partial charge in [-0.2, -0.15) is 0 Å². The summed E-state index contributed by atoms with van der Waals surface area (Å²) in [6.07, 6.45) is 0. The van der Waals surface area contributed by atoms with Gasteiger partial charge in [0.05, 0.1) is 22.8 Å². The Morgan fingerprint density at radius 3 is 2.70 bits per heavy atom. The van der Waals surface area contributed by atoms with E-state index < -0.39 is 12.0 Å². The van der Waals surface area contributed by atoms with E-state index in [9.17, 15) is 9.90 Å². The van der Waals surface area contributed by atoms with Crippen LogP contribution < -0.4 is 5.73 Å². The average Bonchev–Trinajstić information content (AvgIpc) is 2.53. The van der Waals surface area contributed by atoms with E-state index in [2.05, 4.69) is 9.97 Å². The molecule has 0 saturated heterocycles. The number of hydrogen-bond donors (Lipinski definition) is 2. The molecule has 0 spiro atoms. The lowest BCUT2D eigenvalue weighted by Gasteiger charge is -2.16. The molecule has 0 radical (unpaired) electrons. The number of halogens is 1. The molecule has 0 bridgehead atoms. The number of para-hydroxylation sites is 1. The lowest BCUT2D eigenvalue weighted by molar-refractivity contribution is 0.0695. The third-order valence-electron chi connectivity index (χ3n) is 3.67. The summed E-state index contributed by atoms with van der Waals surface area (Å²) < 4.78 is 0. The summed E-state index contributed by atoms with van der Waals surface area (Å²) in [5.74, 6) is -1.02. The second-order valence-corrected chi connectivity index (χ2v) is 5.61. The van der Waals surface area contributed by atoms with Crippen LogP contribution in [-0.2, 0) is 0 Å².